The molecule has 0 spiro atoms. The maximum Gasteiger partial charge on any atom is 0.269 e. The lowest BCUT2D eigenvalue weighted by Crippen LogP contribution is -1.93. The van der Waals surface area contributed by atoms with Crippen LogP contribution in [0.5, 0.6) is 0 Å². The summed E-state index contributed by atoms with van der Waals surface area (Å²) in [6.45, 7) is 1.94. The van der Waals surface area contributed by atoms with Crippen molar-refractivity contribution in [2.75, 3.05) is 0 Å². The molecule has 0 radical (unpaired) electrons. The van der Waals surface area contributed by atoms with Crippen molar-refractivity contribution >= 4 is 11.3 Å². The third kappa shape index (κ3) is 2.71. The summed E-state index contributed by atoms with van der Waals surface area (Å²) in [6.07, 6.45) is 1.70. The second-order valence-corrected chi connectivity index (χ2v) is 5.12. The zero-order valence-corrected chi connectivity index (χ0v) is 11.4. The van der Waals surface area contributed by atoms with Crippen LogP contribution in [0.1, 0.15) is 17.1 Å². The van der Waals surface area contributed by atoms with Gasteiger partial charge in [-0.2, -0.15) is 4.98 Å². The number of benzene rings is 1. The molecular formula is C14H13N3OS. The van der Waals surface area contributed by atoms with Crippen LogP contribution in [-0.2, 0) is 12.8 Å². The molecule has 2 aromatic heterocycles. The summed E-state index contributed by atoms with van der Waals surface area (Å²) in [6, 6.07) is 10.3. The molecule has 0 atom stereocenters. The van der Waals surface area contributed by atoms with Crippen LogP contribution in [0.2, 0.25) is 0 Å². The Bertz CT molecular complexity index is 660. The first-order valence-electron chi connectivity index (χ1n) is 6.10. The van der Waals surface area contributed by atoms with Crippen molar-refractivity contribution in [1.29, 1.82) is 0 Å². The SMILES string of the molecule is Cc1ncsc1-c1nc(CCc2ccccc2)no1. The highest BCUT2D eigenvalue weighted by Gasteiger charge is 2.13. The summed E-state index contributed by atoms with van der Waals surface area (Å²) in [5.41, 5.74) is 4.00. The van der Waals surface area contributed by atoms with Gasteiger partial charge in [0.05, 0.1) is 11.2 Å². The molecule has 19 heavy (non-hydrogen) atoms. The maximum absolute atomic E-state index is 5.29. The van der Waals surface area contributed by atoms with Gasteiger partial charge < -0.3 is 4.52 Å². The Labute approximate surface area is 115 Å². The van der Waals surface area contributed by atoms with E-state index in [9.17, 15) is 0 Å². The Kier molecular flexibility index (Phi) is 3.37. The fraction of sp³-hybridized carbons (Fsp3) is 0.214. The van der Waals surface area contributed by atoms with Gasteiger partial charge >= 0.3 is 0 Å². The highest BCUT2D eigenvalue weighted by atomic mass is 32.1. The topological polar surface area (TPSA) is 51.8 Å². The summed E-state index contributed by atoms with van der Waals surface area (Å²) in [7, 11) is 0. The minimum atomic E-state index is 0.572. The normalized spacial score (nSPS) is 10.8. The molecule has 0 N–H and O–H groups in total. The van der Waals surface area contributed by atoms with Crippen LogP contribution in [0.3, 0.4) is 0 Å². The van der Waals surface area contributed by atoms with Crippen molar-refractivity contribution in [2.45, 2.75) is 19.8 Å². The quantitative estimate of drug-likeness (QED) is 0.730. The zero-order chi connectivity index (χ0) is 13.1. The first kappa shape index (κ1) is 12.0. The molecule has 96 valence electrons. The minimum Gasteiger partial charge on any atom is -0.333 e. The fourth-order valence-electron chi connectivity index (χ4n) is 1.86. The van der Waals surface area contributed by atoms with Crippen LogP contribution in [0, 0.1) is 6.92 Å². The van der Waals surface area contributed by atoms with Crippen LogP contribution in [-0.4, -0.2) is 15.1 Å². The van der Waals surface area contributed by atoms with Crippen molar-refractivity contribution < 1.29 is 4.52 Å². The zero-order valence-electron chi connectivity index (χ0n) is 10.5. The van der Waals surface area contributed by atoms with E-state index in [1.54, 1.807) is 5.51 Å². The number of hydrogen-bond acceptors (Lipinski definition) is 5. The van der Waals surface area contributed by atoms with E-state index in [4.69, 9.17) is 4.52 Å². The van der Waals surface area contributed by atoms with Crippen molar-refractivity contribution in [1.82, 2.24) is 15.1 Å². The van der Waals surface area contributed by atoms with E-state index in [1.165, 1.54) is 16.9 Å². The van der Waals surface area contributed by atoms with Gasteiger partial charge in [0.1, 0.15) is 4.88 Å². The number of thiazole rings is 1. The number of rotatable bonds is 4. The molecule has 0 fully saturated rings. The lowest BCUT2D eigenvalue weighted by Gasteiger charge is -1.96. The standard InChI is InChI=1S/C14H13N3OS/c1-10-13(19-9-15-10)14-16-12(17-18-14)8-7-11-5-3-2-4-6-11/h2-6,9H,7-8H2,1H3. The summed E-state index contributed by atoms with van der Waals surface area (Å²) < 4.78 is 5.29. The highest BCUT2D eigenvalue weighted by molar-refractivity contribution is 7.13. The Morgan fingerprint density at radius 1 is 1.16 bits per heavy atom. The second-order valence-electron chi connectivity index (χ2n) is 4.27. The predicted molar refractivity (Wildman–Crippen MR) is 74.0 cm³/mol. The summed E-state index contributed by atoms with van der Waals surface area (Å²) in [4.78, 5) is 9.56. The van der Waals surface area contributed by atoms with E-state index < -0.39 is 0 Å². The average molecular weight is 271 g/mol. The van der Waals surface area contributed by atoms with E-state index in [0.717, 1.165) is 29.2 Å². The van der Waals surface area contributed by atoms with E-state index in [0.29, 0.717) is 5.89 Å². The van der Waals surface area contributed by atoms with Gasteiger partial charge in [0.2, 0.25) is 0 Å². The van der Waals surface area contributed by atoms with Gasteiger partial charge in [0.25, 0.3) is 5.89 Å². The molecule has 5 heteroatoms. The molecule has 0 saturated carbocycles. The van der Waals surface area contributed by atoms with Gasteiger partial charge in [0, 0.05) is 6.42 Å². The van der Waals surface area contributed by atoms with Gasteiger partial charge in [-0.05, 0) is 18.9 Å². The average Bonchev–Trinajstić information content (AvgIpc) is 3.06. The largest absolute Gasteiger partial charge is 0.333 e. The van der Waals surface area contributed by atoms with Gasteiger partial charge in [-0.15, -0.1) is 11.3 Å². The van der Waals surface area contributed by atoms with Crippen molar-refractivity contribution in [3.63, 3.8) is 0 Å². The number of hydrogen-bond donors (Lipinski definition) is 0. The smallest absolute Gasteiger partial charge is 0.269 e. The molecule has 4 nitrogen and oxygen atoms in total. The molecular weight excluding hydrogens is 258 g/mol. The highest BCUT2D eigenvalue weighted by Crippen LogP contribution is 2.25. The Morgan fingerprint density at radius 2 is 2.00 bits per heavy atom. The van der Waals surface area contributed by atoms with Crippen LogP contribution in [0.4, 0.5) is 0 Å². The Morgan fingerprint density at radius 3 is 2.74 bits per heavy atom. The monoisotopic (exact) mass is 271 g/mol. The molecule has 0 aliphatic heterocycles. The fourth-order valence-corrected chi connectivity index (χ4v) is 2.58. The van der Waals surface area contributed by atoms with Gasteiger partial charge in [-0.1, -0.05) is 35.5 Å². The van der Waals surface area contributed by atoms with Crippen LogP contribution in [0.15, 0.2) is 40.4 Å². The van der Waals surface area contributed by atoms with E-state index in [1.807, 2.05) is 25.1 Å². The van der Waals surface area contributed by atoms with Crippen LogP contribution < -0.4 is 0 Å². The van der Waals surface area contributed by atoms with E-state index in [2.05, 4.69) is 27.3 Å². The Balaban J connectivity index is 1.71. The molecule has 0 aliphatic rings. The number of aryl methyl sites for hydroxylation is 3. The third-order valence-electron chi connectivity index (χ3n) is 2.89. The molecule has 0 amide bonds. The molecule has 0 unspecified atom stereocenters. The minimum absolute atomic E-state index is 0.572. The van der Waals surface area contributed by atoms with Crippen LogP contribution >= 0.6 is 11.3 Å². The third-order valence-corrected chi connectivity index (χ3v) is 3.80. The first-order valence-corrected chi connectivity index (χ1v) is 6.98. The van der Waals surface area contributed by atoms with Crippen molar-refractivity contribution in [2.24, 2.45) is 0 Å². The first-order chi connectivity index (χ1) is 9.33. The summed E-state index contributed by atoms with van der Waals surface area (Å²) in [5, 5.41) is 4.02. The second kappa shape index (κ2) is 5.32. The lowest BCUT2D eigenvalue weighted by molar-refractivity contribution is 0.423. The molecule has 1 aromatic carbocycles. The maximum atomic E-state index is 5.29. The molecule has 3 aromatic rings. The molecule has 2 heterocycles. The predicted octanol–water partition coefficient (Wildman–Crippen LogP) is 3.29. The molecule has 0 saturated heterocycles. The van der Waals surface area contributed by atoms with E-state index >= 15 is 0 Å². The van der Waals surface area contributed by atoms with Gasteiger partial charge in [0.15, 0.2) is 5.82 Å². The van der Waals surface area contributed by atoms with Gasteiger partial charge in [-0.3, -0.25) is 0 Å². The lowest BCUT2D eigenvalue weighted by atomic mass is 10.1. The molecule has 0 aliphatic carbocycles. The van der Waals surface area contributed by atoms with Crippen LogP contribution in [0.25, 0.3) is 10.8 Å². The molecule has 0 bridgehead atoms. The number of aromatic nitrogens is 3. The Hall–Kier alpha value is -2.01. The summed E-state index contributed by atoms with van der Waals surface area (Å²) in [5.74, 6) is 1.31. The van der Waals surface area contributed by atoms with Crippen molar-refractivity contribution in [3.05, 3.63) is 52.9 Å². The summed E-state index contributed by atoms with van der Waals surface area (Å²) >= 11 is 1.52. The molecule has 3 rings (SSSR count). The number of nitrogens with zero attached hydrogens (tertiary/aromatic N) is 3. The van der Waals surface area contributed by atoms with Crippen molar-refractivity contribution in [3.8, 4) is 10.8 Å². The van der Waals surface area contributed by atoms with E-state index in [-0.39, 0.29) is 0 Å². The van der Waals surface area contributed by atoms with Gasteiger partial charge in [-0.25, -0.2) is 4.98 Å².